The second-order valence-electron chi connectivity index (χ2n) is 6.98. The number of nitrogens with zero attached hydrogens (tertiary/aromatic N) is 3. The Morgan fingerprint density at radius 3 is 2.76 bits per heavy atom. The monoisotopic (exact) mass is 343 g/mol. The molecule has 6 nitrogen and oxygen atoms in total. The Bertz CT molecular complexity index is 772. The third-order valence-corrected chi connectivity index (χ3v) is 5.30. The van der Waals surface area contributed by atoms with E-state index in [1.54, 1.807) is 7.11 Å². The Balaban J connectivity index is 1.52. The van der Waals surface area contributed by atoms with E-state index in [1.165, 1.54) is 29.5 Å². The zero-order chi connectivity index (χ0) is 17.4. The van der Waals surface area contributed by atoms with Crippen LogP contribution in [0.1, 0.15) is 40.6 Å². The topological polar surface area (TPSA) is 70.8 Å². The molecule has 1 aliphatic carbocycles. The van der Waals surface area contributed by atoms with Crippen LogP contribution in [0.25, 0.3) is 0 Å². The first-order valence-corrected chi connectivity index (χ1v) is 8.94. The molecule has 134 valence electrons. The van der Waals surface area contributed by atoms with Gasteiger partial charge in [0, 0.05) is 25.2 Å². The van der Waals surface area contributed by atoms with E-state index in [4.69, 9.17) is 9.84 Å². The molecule has 0 fully saturated rings. The highest BCUT2D eigenvalue weighted by Gasteiger charge is 2.23. The largest absolute Gasteiger partial charge is 0.496 e. The molecule has 1 atom stereocenters. The molecule has 0 bridgehead atoms. The molecule has 0 amide bonds. The van der Waals surface area contributed by atoms with Crippen LogP contribution in [-0.2, 0) is 32.5 Å². The van der Waals surface area contributed by atoms with Gasteiger partial charge < -0.3 is 14.9 Å². The number of hydrogen-bond donors (Lipinski definition) is 2. The van der Waals surface area contributed by atoms with Crippen molar-refractivity contribution in [3.8, 4) is 5.75 Å². The van der Waals surface area contributed by atoms with Gasteiger partial charge in [-0.3, -0.25) is 9.58 Å². The lowest BCUT2D eigenvalue weighted by atomic mass is 10.0. The predicted molar refractivity (Wildman–Crippen MR) is 93.4 cm³/mol. The summed E-state index contributed by atoms with van der Waals surface area (Å²) in [5.41, 5.74) is 5.77. The van der Waals surface area contributed by atoms with E-state index in [0.717, 1.165) is 44.0 Å². The molecular weight excluding hydrogens is 318 g/mol. The molecule has 25 heavy (non-hydrogen) atoms. The third-order valence-electron chi connectivity index (χ3n) is 5.30. The second-order valence-corrected chi connectivity index (χ2v) is 6.98. The molecule has 2 N–H and O–H groups in total. The van der Waals surface area contributed by atoms with Gasteiger partial charge in [0.15, 0.2) is 0 Å². The van der Waals surface area contributed by atoms with Gasteiger partial charge in [-0.25, -0.2) is 0 Å². The van der Waals surface area contributed by atoms with Crippen molar-refractivity contribution in [2.75, 3.05) is 20.3 Å². The number of methoxy groups -OCH3 is 1. The van der Waals surface area contributed by atoms with E-state index < -0.39 is 6.10 Å². The van der Waals surface area contributed by atoms with Gasteiger partial charge in [-0.1, -0.05) is 6.07 Å². The molecule has 2 aromatic rings. The Morgan fingerprint density at radius 2 is 2.00 bits per heavy atom. The van der Waals surface area contributed by atoms with Crippen molar-refractivity contribution in [2.45, 2.75) is 45.0 Å². The molecule has 0 saturated carbocycles. The maximum absolute atomic E-state index is 9.78. The second kappa shape index (κ2) is 6.78. The number of aryl methyl sites for hydroxylation is 2. The average Bonchev–Trinajstić information content (AvgIpc) is 3.25. The number of aliphatic hydroxyl groups excluding tert-OH is 2. The summed E-state index contributed by atoms with van der Waals surface area (Å²) >= 11 is 0. The lowest BCUT2D eigenvalue weighted by Gasteiger charge is -2.28. The van der Waals surface area contributed by atoms with Crippen LogP contribution in [0.15, 0.2) is 18.2 Å². The molecule has 0 radical (unpaired) electrons. The molecule has 6 heteroatoms. The van der Waals surface area contributed by atoms with Crippen LogP contribution in [0, 0.1) is 0 Å². The minimum atomic E-state index is -0.900. The SMILES string of the molecule is COc1cc2c(cc1CN1CCn3nc([C@H](O)CO)cc3C1)CCC2. The Morgan fingerprint density at radius 1 is 1.20 bits per heavy atom. The maximum atomic E-state index is 9.78. The van der Waals surface area contributed by atoms with Crippen molar-refractivity contribution in [3.05, 3.63) is 46.3 Å². The fourth-order valence-corrected chi connectivity index (χ4v) is 3.94. The molecule has 0 unspecified atom stereocenters. The van der Waals surface area contributed by atoms with Crippen LogP contribution in [0.5, 0.6) is 5.75 Å². The van der Waals surface area contributed by atoms with Gasteiger partial charge in [0.2, 0.25) is 0 Å². The summed E-state index contributed by atoms with van der Waals surface area (Å²) < 4.78 is 7.56. The fourth-order valence-electron chi connectivity index (χ4n) is 3.94. The molecule has 4 rings (SSSR count). The van der Waals surface area contributed by atoms with Crippen LogP contribution in [-0.4, -0.2) is 45.2 Å². The minimum Gasteiger partial charge on any atom is -0.496 e. The molecular formula is C19H25N3O3. The minimum absolute atomic E-state index is 0.299. The normalized spacial score (nSPS) is 18.0. The van der Waals surface area contributed by atoms with Crippen LogP contribution in [0.3, 0.4) is 0 Å². The first-order valence-electron chi connectivity index (χ1n) is 8.94. The summed E-state index contributed by atoms with van der Waals surface area (Å²) in [5.74, 6) is 0.983. The predicted octanol–water partition coefficient (Wildman–Crippen LogP) is 1.42. The number of aliphatic hydroxyl groups is 2. The molecule has 1 aromatic heterocycles. The first-order chi connectivity index (χ1) is 12.2. The van der Waals surface area contributed by atoms with Gasteiger partial charge in [0.25, 0.3) is 0 Å². The third kappa shape index (κ3) is 3.17. The van der Waals surface area contributed by atoms with Gasteiger partial charge in [-0.15, -0.1) is 0 Å². The van der Waals surface area contributed by atoms with Gasteiger partial charge in [0.05, 0.1) is 31.6 Å². The summed E-state index contributed by atoms with van der Waals surface area (Å²) in [7, 11) is 1.74. The van der Waals surface area contributed by atoms with Gasteiger partial charge in [0.1, 0.15) is 11.9 Å². The quantitative estimate of drug-likeness (QED) is 0.859. The Kier molecular flexibility index (Phi) is 4.50. The average molecular weight is 343 g/mol. The highest BCUT2D eigenvalue weighted by Crippen LogP contribution is 2.31. The van der Waals surface area contributed by atoms with Crippen molar-refractivity contribution >= 4 is 0 Å². The Hall–Kier alpha value is -1.89. The van der Waals surface area contributed by atoms with Crippen molar-refractivity contribution in [1.82, 2.24) is 14.7 Å². The van der Waals surface area contributed by atoms with E-state index in [2.05, 4.69) is 22.1 Å². The van der Waals surface area contributed by atoms with Gasteiger partial charge in [-0.2, -0.15) is 5.10 Å². The van der Waals surface area contributed by atoms with E-state index in [0.29, 0.717) is 5.69 Å². The van der Waals surface area contributed by atoms with Crippen molar-refractivity contribution in [2.24, 2.45) is 0 Å². The number of fused-ring (bicyclic) bond motifs is 2. The number of aromatic nitrogens is 2. The number of hydrogen-bond acceptors (Lipinski definition) is 5. The van der Waals surface area contributed by atoms with Gasteiger partial charge >= 0.3 is 0 Å². The van der Waals surface area contributed by atoms with Crippen LogP contribution in [0.2, 0.25) is 0 Å². The van der Waals surface area contributed by atoms with E-state index >= 15 is 0 Å². The maximum Gasteiger partial charge on any atom is 0.123 e. The molecule has 0 spiro atoms. The summed E-state index contributed by atoms with van der Waals surface area (Å²) in [6.45, 7) is 3.03. The van der Waals surface area contributed by atoms with Crippen molar-refractivity contribution in [1.29, 1.82) is 0 Å². The first kappa shape index (κ1) is 16.6. The molecule has 1 aromatic carbocycles. The van der Waals surface area contributed by atoms with Crippen molar-refractivity contribution < 1.29 is 14.9 Å². The molecule has 0 saturated heterocycles. The lowest BCUT2D eigenvalue weighted by molar-refractivity contribution is 0.0915. The zero-order valence-electron chi connectivity index (χ0n) is 14.6. The van der Waals surface area contributed by atoms with E-state index in [9.17, 15) is 5.11 Å². The highest BCUT2D eigenvalue weighted by atomic mass is 16.5. The van der Waals surface area contributed by atoms with E-state index in [-0.39, 0.29) is 6.61 Å². The standard InChI is InChI=1S/C19H25N3O3/c1-25-19-8-14-4-2-3-13(14)7-15(19)10-21-5-6-22-16(11-21)9-17(20-22)18(24)12-23/h7-9,18,23-24H,2-6,10-12H2,1H3/t18-/m1/s1. The summed E-state index contributed by atoms with van der Waals surface area (Å²) in [5, 5.41) is 23.3. The lowest BCUT2D eigenvalue weighted by Crippen LogP contribution is -2.33. The number of benzene rings is 1. The Labute approximate surface area is 147 Å². The van der Waals surface area contributed by atoms with Crippen LogP contribution >= 0.6 is 0 Å². The summed E-state index contributed by atoms with van der Waals surface area (Å²) in [6.07, 6.45) is 2.66. The number of ether oxygens (including phenoxy) is 1. The zero-order valence-corrected chi connectivity index (χ0v) is 14.6. The summed E-state index contributed by atoms with van der Waals surface area (Å²) in [6, 6.07) is 6.42. The van der Waals surface area contributed by atoms with Crippen molar-refractivity contribution in [3.63, 3.8) is 0 Å². The highest BCUT2D eigenvalue weighted by molar-refractivity contribution is 5.44. The molecule has 2 heterocycles. The summed E-state index contributed by atoms with van der Waals surface area (Å²) in [4.78, 5) is 2.38. The smallest absolute Gasteiger partial charge is 0.123 e. The number of rotatable bonds is 5. The molecule has 2 aliphatic rings. The van der Waals surface area contributed by atoms with E-state index in [1.807, 2.05) is 10.7 Å². The van der Waals surface area contributed by atoms with Crippen LogP contribution < -0.4 is 4.74 Å². The molecule has 1 aliphatic heterocycles. The van der Waals surface area contributed by atoms with Gasteiger partial charge in [-0.05, 0) is 42.5 Å². The fraction of sp³-hybridized carbons (Fsp3) is 0.526. The van der Waals surface area contributed by atoms with Crippen LogP contribution in [0.4, 0.5) is 0 Å².